The number of carbonyl (C=O) groups is 1. The molecule has 1 unspecified atom stereocenters. The van der Waals surface area contributed by atoms with Crippen LogP contribution in [0.4, 0.5) is 0 Å². The Bertz CT molecular complexity index is 626. The summed E-state index contributed by atoms with van der Waals surface area (Å²) in [5.41, 5.74) is 1.44. The number of carbonyl (C=O) groups excluding carboxylic acids is 1. The Morgan fingerprint density at radius 2 is 1.81 bits per heavy atom. The van der Waals surface area contributed by atoms with E-state index in [2.05, 4.69) is 26.2 Å². The number of hydrogen-bond acceptors (Lipinski definition) is 2. The second-order valence-electron chi connectivity index (χ2n) is 4.49. The monoisotopic (exact) mass is 386 g/mol. The standard InChI is InChI=1S/C15H13BrCl2N2O/c1-2-12(9-3-5-11(16)6-4-9)19-15(21)10-7-13(17)20-14(18)8-10/h3-8,12H,2H2,1H3,(H,19,21). The number of amides is 1. The predicted octanol–water partition coefficient (Wildman–Crippen LogP) is 5.03. The zero-order valence-electron chi connectivity index (χ0n) is 11.2. The Morgan fingerprint density at radius 1 is 1.24 bits per heavy atom. The maximum atomic E-state index is 12.3. The molecule has 3 nitrogen and oxygen atoms in total. The average Bonchev–Trinajstić information content (AvgIpc) is 2.44. The number of nitrogens with one attached hydrogen (secondary N) is 1. The van der Waals surface area contributed by atoms with Crippen LogP contribution in [0.15, 0.2) is 40.9 Å². The zero-order chi connectivity index (χ0) is 15.4. The van der Waals surface area contributed by atoms with E-state index >= 15 is 0 Å². The minimum atomic E-state index is -0.226. The quantitative estimate of drug-likeness (QED) is 0.747. The van der Waals surface area contributed by atoms with Crippen LogP contribution in [0.5, 0.6) is 0 Å². The first-order valence-corrected chi connectivity index (χ1v) is 7.94. The lowest BCUT2D eigenvalue weighted by Crippen LogP contribution is -2.28. The largest absolute Gasteiger partial charge is 0.345 e. The number of aromatic nitrogens is 1. The molecule has 0 saturated heterocycles. The van der Waals surface area contributed by atoms with Crippen LogP contribution in [0.1, 0.15) is 35.3 Å². The molecule has 0 aliphatic rings. The number of rotatable bonds is 4. The highest BCUT2D eigenvalue weighted by atomic mass is 79.9. The lowest BCUT2D eigenvalue weighted by atomic mass is 10.0. The number of benzene rings is 1. The Balaban J connectivity index is 2.18. The van der Waals surface area contributed by atoms with Crippen LogP contribution in [-0.2, 0) is 0 Å². The van der Waals surface area contributed by atoms with Gasteiger partial charge < -0.3 is 5.32 Å². The third-order valence-corrected chi connectivity index (χ3v) is 3.93. The van der Waals surface area contributed by atoms with E-state index in [-0.39, 0.29) is 22.3 Å². The molecule has 1 N–H and O–H groups in total. The fraction of sp³-hybridized carbons (Fsp3) is 0.200. The summed E-state index contributed by atoms with van der Waals surface area (Å²) in [5.74, 6) is -0.226. The fourth-order valence-electron chi connectivity index (χ4n) is 1.95. The molecule has 1 heterocycles. The molecule has 1 aromatic carbocycles. The van der Waals surface area contributed by atoms with E-state index in [4.69, 9.17) is 23.2 Å². The van der Waals surface area contributed by atoms with Crippen molar-refractivity contribution in [3.05, 3.63) is 62.3 Å². The molecule has 1 aromatic heterocycles. The molecule has 2 aromatic rings. The van der Waals surface area contributed by atoms with Crippen molar-refractivity contribution in [2.45, 2.75) is 19.4 Å². The molecule has 0 spiro atoms. The minimum Gasteiger partial charge on any atom is -0.345 e. The van der Waals surface area contributed by atoms with E-state index in [1.807, 2.05) is 31.2 Å². The Kier molecular flexibility index (Phi) is 5.62. The van der Waals surface area contributed by atoms with Crippen molar-refractivity contribution < 1.29 is 4.79 Å². The SMILES string of the molecule is CCC(NC(=O)c1cc(Cl)nc(Cl)c1)c1ccc(Br)cc1. The summed E-state index contributed by atoms with van der Waals surface area (Å²) >= 11 is 15.0. The van der Waals surface area contributed by atoms with E-state index in [1.54, 1.807) is 0 Å². The fourth-order valence-corrected chi connectivity index (χ4v) is 2.68. The smallest absolute Gasteiger partial charge is 0.251 e. The van der Waals surface area contributed by atoms with Gasteiger partial charge in [0.25, 0.3) is 5.91 Å². The second kappa shape index (κ2) is 7.25. The van der Waals surface area contributed by atoms with Crippen LogP contribution in [0.25, 0.3) is 0 Å². The van der Waals surface area contributed by atoms with Gasteiger partial charge in [0, 0.05) is 10.0 Å². The van der Waals surface area contributed by atoms with Crippen LogP contribution < -0.4 is 5.32 Å². The van der Waals surface area contributed by atoms with Gasteiger partial charge in [-0.3, -0.25) is 4.79 Å². The van der Waals surface area contributed by atoms with Crippen LogP contribution in [0.2, 0.25) is 10.3 Å². The number of halogens is 3. The molecule has 6 heteroatoms. The summed E-state index contributed by atoms with van der Waals surface area (Å²) in [4.78, 5) is 16.1. The van der Waals surface area contributed by atoms with Crippen molar-refractivity contribution in [3.63, 3.8) is 0 Å². The van der Waals surface area contributed by atoms with Crippen molar-refractivity contribution in [1.82, 2.24) is 10.3 Å². The normalized spacial score (nSPS) is 12.0. The summed E-state index contributed by atoms with van der Waals surface area (Å²) in [7, 11) is 0. The Labute approximate surface area is 141 Å². The van der Waals surface area contributed by atoms with Gasteiger partial charge in [-0.2, -0.15) is 0 Å². The van der Waals surface area contributed by atoms with Crippen LogP contribution in [0, 0.1) is 0 Å². The first-order valence-electron chi connectivity index (χ1n) is 6.39. The van der Waals surface area contributed by atoms with E-state index in [1.165, 1.54) is 12.1 Å². The third-order valence-electron chi connectivity index (χ3n) is 3.01. The highest BCUT2D eigenvalue weighted by Crippen LogP contribution is 2.21. The lowest BCUT2D eigenvalue weighted by molar-refractivity contribution is 0.0935. The summed E-state index contributed by atoms with van der Waals surface area (Å²) in [6.45, 7) is 2.01. The minimum absolute atomic E-state index is 0.0729. The van der Waals surface area contributed by atoms with Crippen molar-refractivity contribution >= 4 is 45.0 Å². The van der Waals surface area contributed by atoms with Gasteiger partial charge in [0.05, 0.1) is 6.04 Å². The zero-order valence-corrected chi connectivity index (χ0v) is 14.3. The molecule has 1 amide bonds. The molecular formula is C15H13BrCl2N2O. The molecule has 21 heavy (non-hydrogen) atoms. The van der Waals surface area contributed by atoms with Crippen molar-refractivity contribution in [2.24, 2.45) is 0 Å². The molecule has 2 rings (SSSR count). The molecule has 0 radical (unpaired) electrons. The Hall–Kier alpha value is -1.10. The summed E-state index contributed by atoms with van der Waals surface area (Å²) < 4.78 is 1.00. The molecule has 0 fully saturated rings. The van der Waals surface area contributed by atoms with Gasteiger partial charge in [-0.05, 0) is 36.2 Å². The number of hydrogen-bond donors (Lipinski definition) is 1. The van der Waals surface area contributed by atoms with Crippen LogP contribution >= 0.6 is 39.1 Å². The number of nitrogens with zero attached hydrogens (tertiary/aromatic N) is 1. The van der Waals surface area contributed by atoms with Gasteiger partial charge >= 0.3 is 0 Å². The maximum Gasteiger partial charge on any atom is 0.251 e. The Morgan fingerprint density at radius 3 is 2.33 bits per heavy atom. The van der Waals surface area contributed by atoms with Crippen LogP contribution in [0.3, 0.4) is 0 Å². The molecule has 110 valence electrons. The van der Waals surface area contributed by atoms with Crippen molar-refractivity contribution in [3.8, 4) is 0 Å². The van der Waals surface area contributed by atoms with E-state index in [0.29, 0.717) is 5.56 Å². The third kappa shape index (κ3) is 4.43. The summed E-state index contributed by atoms with van der Waals surface area (Å²) in [5, 5.41) is 3.37. The van der Waals surface area contributed by atoms with Crippen LogP contribution in [-0.4, -0.2) is 10.9 Å². The average molecular weight is 388 g/mol. The summed E-state index contributed by atoms with van der Waals surface area (Å²) in [6.07, 6.45) is 0.778. The highest BCUT2D eigenvalue weighted by molar-refractivity contribution is 9.10. The van der Waals surface area contributed by atoms with Crippen molar-refractivity contribution in [1.29, 1.82) is 0 Å². The summed E-state index contributed by atoms with van der Waals surface area (Å²) in [6, 6.07) is 10.8. The van der Waals surface area contributed by atoms with Gasteiger partial charge in [0.15, 0.2) is 0 Å². The van der Waals surface area contributed by atoms with Gasteiger partial charge in [-0.25, -0.2) is 4.98 Å². The van der Waals surface area contributed by atoms with Gasteiger partial charge in [-0.1, -0.05) is 58.2 Å². The second-order valence-corrected chi connectivity index (χ2v) is 6.18. The van der Waals surface area contributed by atoms with Gasteiger partial charge in [0.1, 0.15) is 10.3 Å². The molecule has 0 aliphatic heterocycles. The predicted molar refractivity (Wildman–Crippen MR) is 88.9 cm³/mol. The van der Waals surface area contributed by atoms with Gasteiger partial charge in [0.2, 0.25) is 0 Å². The first kappa shape index (κ1) is 16.3. The topological polar surface area (TPSA) is 42.0 Å². The lowest BCUT2D eigenvalue weighted by Gasteiger charge is -2.17. The van der Waals surface area contributed by atoms with E-state index < -0.39 is 0 Å². The molecule has 1 atom stereocenters. The first-order chi connectivity index (χ1) is 9.99. The molecule has 0 aliphatic carbocycles. The van der Waals surface area contributed by atoms with Crippen molar-refractivity contribution in [2.75, 3.05) is 0 Å². The number of pyridine rings is 1. The van der Waals surface area contributed by atoms with E-state index in [9.17, 15) is 4.79 Å². The van der Waals surface area contributed by atoms with E-state index in [0.717, 1.165) is 16.5 Å². The molecular weight excluding hydrogens is 375 g/mol. The molecule has 0 bridgehead atoms. The maximum absolute atomic E-state index is 12.3. The van der Waals surface area contributed by atoms with Gasteiger partial charge in [-0.15, -0.1) is 0 Å². The molecule has 0 saturated carbocycles. The highest BCUT2D eigenvalue weighted by Gasteiger charge is 2.15.